The van der Waals surface area contributed by atoms with E-state index in [9.17, 15) is 14.4 Å². The molecule has 0 bridgehead atoms. The lowest BCUT2D eigenvalue weighted by atomic mass is 9.99. The van der Waals surface area contributed by atoms with E-state index in [2.05, 4.69) is 0 Å². The molecule has 0 aromatic heterocycles. The molecule has 0 aliphatic carbocycles. The first-order chi connectivity index (χ1) is 10.0. The zero-order valence-corrected chi connectivity index (χ0v) is 14.0. The standard InChI is InChI=1S/C15H26N2O5/c1-10(2)8-11-13(20)16(9-12(18)19)6-7-17(11)14(21)22-15(3,4)5/h10-11H,6-9H2,1-5H3,(H,18,19). The number of hydrogen-bond donors (Lipinski definition) is 1. The summed E-state index contributed by atoms with van der Waals surface area (Å²) in [5.41, 5.74) is -0.638. The normalized spacial score (nSPS) is 19.5. The summed E-state index contributed by atoms with van der Waals surface area (Å²) in [6.45, 7) is 9.37. The fourth-order valence-corrected chi connectivity index (χ4v) is 2.37. The molecule has 0 spiro atoms. The van der Waals surface area contributed by atoms with E-state index in [1.165, 1.54) is 9.80 Å². The minimum Gasteiger partial charge on any atom is -0.480 e. The van der Waals surface area contributed by atoms with Crippen LogP contribution in [0.5, 0.6) is 0 Å². The largest absolute Gasteiger partial charge is 0.480 e. The Hall–Kier alpha value is -1.79. The van der Waals surface area contributed by atoms with Crippen molar-refractivity contribution < 1.29 is 24.2 Å². The first kappa shape index (κ1) is 18.3. The summed E-state index contributed by atoms with van der Waals surface area (Å²) in [5, 5.41) is 8.88. The van der Waals surface area contributed by atoms with Crippen molar-refractivity contribution >= 4 is 18.0 Å². The Bertz CT molecular complexity index is 442. The molecule has 0 radical (unpaired) electrons. The maximum Gasteiger partial charge on any atom is 0.411 e. The number of aliphatic carboxylic acids is 1. The van der Waals surface area contributed by atoms with E-state index in [1.807, 2.05) is 13.8 Å². The van der Waals surface area contributed by atoms with Crippen molar-refractivity contribution in [1.29, 1.82) is 0 Å². The van der Waals surface area contributed by atoms with Gasteiger partial charge in [-0.2, -0.15) is 0 Å². The van der Waals surface area contributed by atoms with E-state index in [0.717, 1.165) is 0 Å². The number of hydrogen-bond acceptors (Lipinski definition) is 4. The lowest BCUT2D eigenvalue weighted by molar-refractivity contribution is -0.150. The summed E-state index contributed by atoms with van der Waals surface area (Å²) in [7, 11) is 0. The fourth-order valence-electron chi connectivity index (χ4n) is 2.37. The van der Waals surface area contributed by atoms with Gasteiger partial charge < -0.3 is 14.7 Å². The van der Waals surface area contributed by atoms with Crippen LogP contribution in [0.4, 0.5) is 4.79 Å². The number of piperazine rings is 1. The van der Waals surface area contributed by atoms with Gasteiger partial charge in [0.05, 0.1) is 0 Å². The van der Waals surface area contributed by atoms with Gasteiger partial charge in [0.2, 0.25) is 5.91 Å². The van der Waals surface area contributed by atoms with Gasteiger partial charge in [-0.1, -0.05) is 13.8 Å². The first-order valence-corrected chi connectivity index (χ1v) is 7.51. The lowest BCUT2D eigenvalue weighted by Gasteiger charge is -2.41. The van der Waals surface area contributed by atoms with Gasteiger partial charge in [-0.25, -0.2) is 4.79 Å². The molecule has 7 nitrogen and oxygen atoms in total. The number of nitrogens with zero attached hydrogens (tertiary/aromatic N) is 2. The second-order valence-electron chi connectivity index (χ2n) is 6.97. The summed E-state index contributed by atoms with van der Waals surface area (Å²) in [6.07, 6.45) is -0.0461. The second-order valence-corrected chi connectivity index (χ2v) is 6.97. The predicted octanol–water partition coefficient (Wildman–Crippen LogP) is 1.57. The predicted molar refractivity (Wildman–Crippen MR) is 80.4 cm³/mol. The molecule has 1 saturated heterocycles. The number of ether oxygens (including phenoxy) is 1. The van der Waals surface area contributed by atoms with Crippen molar-refractivity contribution in [2.75, 3.05) is 19.6 Å². The third kappa shape index (κ3) is 5.20. The molecular formula is C15H26N2O5. The summed E-state index contributed by atoms with van der Waals surface area (Å²) in [6, 6.07) is -0.664. The van der Waals surface area contributed by atoms with Crippen molar-refractivity contribution in [3.63, 3.8) is 0 Å². The Balaban J connectivity index is 2.90. The maximum absolute atomic E-state index is 12.5. The van der Waals surface area contributed by atoms with E-state index in [-0.39, 0.29) is 31.5 Å². The molecule has 1 N–H and O–H groups in total. The Morgan fingerprint density at radius 1 is 1.32 bits per heavy atom. The van der Waals surface area contributed by atoms with E-state index >= 15 is 0 Å². The van der Waals surface area contributed by atoms with Gasteiger partial charge in [0.25, 0.3) is 0 Å². The maximum atomic E-state index is 12.5. The Morgan fingerprint density at radius 3 is 2.36 bits per heavy atom. The van der Waals surface area contributed by atoms with Gasteiger partial charge in [-0.05, 0) is 33.1 Å². The molecule has 1 aliphatic heterocycles. The third-order valence-corrected chi connectivity index (χ3v) is 3.23. The molecule has 2 amide bonds. The quantitative estimate of drug-likeness (QED) is 0.851. The molecule has 0 aromatic carbocycles. The highest BCUT2D eigenvalue weighted by molar-refractivity contribution is 5.89. The molecule has 1 aliphatic rings. The molecule has 7 heteroatoms. The first-order valence-electron chi connectivity index (χ1n) is 7.51. The van der Waals surface area contributed by atoms with E-state index in [4.69, 9.17) is 9.84 Å². The van der Waals surface area contributed by atoms with Crippen molar-refractivity contribution in [2.24, 2.45) is 5.92 Å². The summed E-state index contributed by atoms with van der Waals surface area (Å²) < 4.78 is 5.35. The Kier molecular flexibility index (Phi) is 5.79. The second kappa shape index (κ2) is 6.98. The monoisotopic (exact) mass is 314 g/mol. The van der Waals surface area contributed by atoms with Crippen molar-refractivity contribution in [3.8, 4) is 0 Å². The van der Waals surface area contributed by atoms with Crippen LogP contribution in [0.25, 0.3) is 0 Å². The average Bonchev–Trinajstić information content (AvgIpc) is 2.30. The van der Waals surface area contributed by atoms with E-state index in [1.54, 1.807) is 20.8 Å². The van der Waals surface area contributed by atoms with Crippen molar-refractivity contribution in [3.05, 3.63) is 0 Å². The van der Waals surface area contributed by atoms with Gasteiger partial charge in [-0.3, -0.25) is 14.5 Å². The Labute approximate surface area is 131 Å². The molecule has 1 rings (SSSR count). The average molecular weight is 314 g/mol. The minimum atomic E-state index is -1.05. The number of carboxylic acid groups (broad SMARTS) is 1. The molecule has 1 heterocycles. The fraction of sp³-hybridized carbons (Fsp3) is 0.800. The molecule has 0 aromatic rings. The van der Waals surface area contributed by atoms with Crippen LogP contribution in [0.3, 0.4) is 0 Å². The van der Waals surface area contributed by atoms with Crippen LogP contribution >= 0.6 is 0 Å². The molecule has 1 unspecified atom stereocenters. The highest BCUT2D eigenvalue weighted by Gasteiger charge is 2.39. The summed E-state index contributed by atoms with van der Waals surface area (Å²) in [4.78, 5) is 38.3. The summed E-state index contributed by atoms with van der Waals surface area (Å²) in [5.74, 6) is -1.18. The highest BCUT2D eigenvalue weighted by Crippen LogP contribution is 2.21. The van der Waals surface area contributed by atoms with Crippen molar-refractivity contribution in [1.82, 2.24) is 9.80 Å². The molecular weight excluding hydrogens is 288 g/mol. The minimum absolute atomic E-state index is 0.198. The molecule has 126 valence electrons. The van der Waals surface area contributed by atoms with Crippen molar-refractivity contribution in [2.45, 2.75) is 52.7 Å². The number of carbonyl (C=O) groups excluding carboxylic acids is 2. The van der Waals surface area contributed by atoms with E-state index in [0.29, 0.717) is 6.42 Å². The van der Waals surface area contributed by atoms with E-state index < -0.39 is 23.7 Å². The summed E-state index contributed by atoms with van der Waals surface area (Å²) >= 11 is 0. The van der Waals surface area contributed by atoms with Crippen LogP contribution < -0.4 is 0 Å². The van der Waals surface area contributed by atoms with Crippen LogP contribution in [-0.4, -0.2) is 64.2 Å². The van der Waals surface area contributed by atoms with Crippen LogP contribution in [0.2, 0.25) is 0 Å². The van der Waals surface area contributed by atoms with Crippen LogP contribution in [0, 0.1) is 5.92 Å². The smallest absolute Gasteiger partial charge is 0.411 e. The molecule has 1 atom stereocenters. The van der Waals surface area contributed by atoms with Gasteiger partial charge in [0.1, 0.15) is 18.2 Å². The highest BCUT2D eigenvalue weighted by atomic mass is 16.6. The number of carboxylic acids is 1. The zero-order valence-electron chi connectivity index (χ0n) is 14.0. The van der Waals surface area contributed by atoms with Crippen LogP contribution in [-0.2, 0) is 14.3 Å². The number of amides is 2. The zero-order chi connectivity index (χ0) is 17.1. The topological polar surface area (TPSA) is 87.2 Å². The molecule has 22 heavy (non-hydrogen) atoms. The number of rotatable bonds is 4. The lowest BCUT2D eigenvalue weighted by Crippen LogP contribution is -2.60. The van der Waals surface area contributed by atoms with Crippen LogP contribution in [0.1, 0.15) is 41.0 Å². The number of carbonyl (C=O) groups is 3. The van der Waals surface area contributed by atoms with Gasteiger partial charge in [0.15, 0.2) is 0 Å². The molecule has 1 fully saturated rings. The van der Waals surface area contributed by atoms with Gasteiger partial charge in [-0.15, -0.1) is 0 Å². The van der Waals surface area contributed by atoms with Crippen LogP contribution in [0.15, 0.2) is 0 Å². The van der Waals surface area contributed by atoms with Gasteiger partial charge >= 0.3 is 12.1 Å². The SMILES string of the molecule is CC(C)CC1C(=O)N(CC(=O)O)CCN1C(=O)OC(C)(C)C. The van der Waals surface area contributed by atoms with Gasteiger partial charge in [0, 0.05) is 13.1 Å². The molecule has 0 saturated carbocycles. The third-order valence-electron chi connectivity index (χ3n) is 3.23. The Morgan fingerprint density at radius 2 is 1.91 bits per heavy atom.